The van der Waals surface area contributed by atoms with Crippen molar-refractivity contribution in [2.45, 2.75) is 6.92 Å². The monoisotopic (exact) mass is 243 g/mol. The average Bonchev–Trinajstić information content (AvgIpc) is 2.60. The fourth-order valence-electron chi connectivity index (χ4n) is 1.15. The Balaban J connectivity index is 2.89. The molecule has 1 N–H and O–H groups in total. The Kier molecular flexibility index (Phi) is 4.45. The Bertz CT molecular complexity index is 400. The molecule has 1 aromatic rings. The number of methoxy groups -OCH3 is 2. The Morgan fingerprint density at radius 1 is 1.44 bits per heavy atom. The highest BCUT2D eigenvalue weighted by Crippen LogP contribution is 2.28. The highest BCUT2D eigenvalue weighted by atomic mass is 32.1. The first kappa shape index (κ1) is 12.7. The van der Waals surface area contributed by atoms with E-state index >= 15 is 0 Å². The molecule has 0 atom stereocenters. The first-order valence-corrected chi connectivity index (χ1v) is 5.43. The molecular weight excluding hydrogens is 230 g/mol. The maximum Gasteiger partial charge on any atom is 0.350 e. The number of carbonyl (C=O) groups excluding carboxylic acids is 2. The number of hydrogen-bond donors (Lipinski definition) is 1. The van der Waals surface area contributed by atoms with Crippen molar-refractivity contribution in [2.24, 2.45) is 0 Å². The number of thiophene rings is 1. The fourth-order valence-corrected chi connectivity index (χ4v) is 2.07. The molecule has 0 aromatic carbocycles. The number of amides is 1. The SMILES string of the molecule is COCC(=O)Nc1c(C)csc1C(=O)OC. The number of nitrogens with one attached hydrogen (secondary N) is 1. The van der Waals surface area contributed by atoms with E-state index in [1.165, 1.54) is 25.6 Å². The second kappa shape index (κ2) is 5.62. The van der Waals surface area contributed by atoms with Crippen molar-refractivity contribution in [1.29, 1.82) is 0 Å². The topological polar surface area (TPSA) is 64.6 Å². The normalized spacial score (nSPS) is 9.94. The molecule has 0 aliphatic rings. The van der Waals surface area contributed by atoms with Crippen LogP contribution in [0.2, 0.25) is 0 Å². The zero-order valence-electron chi connectivity index (χ0n) is 9.33. The minimum absolute atomic E-state index is 0.0457. The van der Waals surface area contributed by atoms with Gasteiger partial charge in [0.2, 0.25) is 5.91 Å². The molecule has 0 saturated carbocycles. The van der Waals surface area contributed by atoms with E-state index in [9.17, 15) is 9.59 Å². The van der Waals surface area contributed by atoms with Crippen molar-refractivity contribution in [2.75, 3.05) is 26.1 Å². The van der Waals surface area contributed by atoms with Crippen molar-refractivity contribution in [3.05, 3.63) is 15.8 Å². The first-order chi connectivity index (χ1) is 7.60. The van der Waals surface area contributed by atoms with Gasteiger partial charge in [-0.1, -0.05) is 0 Å². The lowest BCUT2D eigenvalue weighted by Gasteiger charge is -2.06. The summed E-state index contributed by atoms with van der Waals surface area (Å²) < 4.78 is 9.31. The van der Waals surface area contributed by atoms with Gasteiger partial charge in [0.15, 0.2) is 0 Å². The molecular formula is C10H13NO4S. The third-order valence-electron chi connectivity index (χ3n) is 1.89. The third-order valence-corrected chi connectivity index (χ3v) is 2.96. The molecule has 0 bridgehead atoms. The van der Waals surface area contributed by atoms with Crippen molar-refractivity contribution in [1.82, 2.24) is 0 Å². The number of aryl methyl sites for hydroxylation is 1. The molecule has 1 rings (SSSR count). The lowest BCUT2D eigenvalue weighted by atomic mass is 10.2. The summed E-state index contributed by atoms with van der Waals surface area (Å²) in [6, 6.07) is 0. The van der Waals surface area contributed by atoms with Gasteiger partial charge in [-0.15, -0.1) is 11.3 Å². The zero-order chi connectivity index (χ0) is 12.1. The van der Waals surface area contributed by atoms with E-state index in [-0.39, 0.29) is 12.5 Å². The van der Waals surface area contributed by atoms with Crippen LogP contribution >= 0.6 is 11.3 Å². The van der Waals surface area contributed by atoms with Gasteiger partial charge in [-0.2, -0.15) is 0 Å². The van der Waals surface area contributed by atoms with Gasteiger partial charge in [0.25, 0.3) is 0 Å². The van der Waals surface area contributed by atoms with Crippen LogP contribution in [0.4, 0.5) is 5.69 Å². The Hall–Kier alpha value is -1.40. The minimum atomic E-state index is -0.453. The number of hydrogen-bond acceptors (Lipinski definition) is 5. The molecule has 0 spiro atoms. The van der Waals surface area contributed by atoms with E-state index < -0.39 is 5.97 Å². The number of rotatable bonds is 4. The van der Waals surface area contributed by atoms with Crippen LogP contribution in [0.3, 0.4) is 0 Å². The second-order valence-electron chi connectivity index (χ2n) is 3.10. The predicted molar refractivity (Wildman–Crippen MR) is 60.9 cm³/mol. The molecule has 16 heavy (non-hydrogen) atoms. The van der Waals surface area contributed by atoms with Crippen molar-refractivity contribution >= 4 is 28.9 Å². The van der Waals surface area contributed by atoms with Gasteiger partial charge in [-0.3, -0.25) is 4.79 Å². The molecule has 6 heteroatoms. The maximum absolute atomic E-state index is 11.4. The molecule has 0 radical (unpaired) electrons. The Labute approximate surface area is 97.4 Å². The third kappa shape index (κ3) is 2.80. The highest BCUT2D eigenvalue weighted by Gasteiger charge is 2.18. The van der Waals surface area contributed by atoms with Gasteiger partial charge >= 0.3 is 5.97 Å². The average molecular weight is 243 g/mol. The molecule has 88 valence electrons. The predicted octanol–water partition coefficient (Wildman–Crippen LogP) is 1.43. The molecule has 0 saturated heterocycles. The molecule has 1 aromatic heterocycles. The minimum Gasteiger partial charge on any atom is -0.465 e. The summed E-state index contributed by atoms with van der Waals surface area (Å²) in [6.07, 6.45) is 0. The van der Waals surface area contributed by atoms with Crippen LogP contribution in [-0.4, -0.2) is 32.7 Å². The maximum atomic E-state index is 11.4. The summed E-state index contributed by atoms with van der Waals surface area (Å²) in [7, 11) is 2.74. The van der Waals surface area contributed by atoms with Crippen LogP contribution in [0.1, 0.15) is 15.2 Å². The standard InChI is InChI=1S/C10H13NO4S/c1-6-5-16-9(10(13)15-3)8(6)11-7(12)4-14-2/h5H,4H2,1-3H3,(H,11,12). The zero-order valence-corrected chi connectivity index (χ0v) is 10.1. The molecule has 1 heterocycles. The summed E-state index contributed by atoms with van der Waals surface area (Å²) in [5.74, 6) is -0.750. The molecule has 1 amide bonds. The van der Waals surface area contributed by atoms with Gasteiger partial charge in [0.1, 0.15) is 11.5 Å². The van der Waals surface area contributed by atoms with E-state index in [4.69, 9.17) is 4.74 Å². The van der Waals surface area contributed by atoms with E-state index in [0.29, 0.717) is 10.6 Å². The van der Waals surface area contributed by atoms with Crippen molar-refractivity contribution < 1.29 is 19.1 Å². The summed E-state index contributed by atoms with van der Waals surface area (Å²) in [5.41, 5.74) is 1.33. The second-order valence-corrected chi connectivity index (χ2v) is 3.98. The number of esters is 1. The highest BCUT2D eigenvalue weighted by molar-refractivity contribution is 7.12. The molecule has 0 fully saturated rings. The smallest absolute Gasteiger partial charge is 0.350 e. The van der Waals surface area contributed by atoms with E-state index in [0.717, 1.165) is 5.56 Å². The van der Waals surface area contributed by atoms with Crippen LogP contribution in [0.15, 0.2) is 5.38 Å². The molecule has 5 nitrogen and oxygen atoms in total. The lowest BCUT2D eigenvalue weighted by Crippen LogP contribution is -2.19. The van der Waals surface area contributed by atoms with Crippen molar-refractivity contribution in [3.63, 3.8) is 0 Å². The summed E-state index contributed by atoms with van der Waals surface area (Å²) in [5, 5.41) is 4.41. The number of carbonyl (C=O) groups is 2. The van der Waals surface area contributed by atoms with Gasteiger partial charge in [-0.25, -0.2) is 4.79 Å². The van der Waals surface area contributed by atoms with Crippen LogP contribution in [0.25, 0.3) is 0 Å². The largest absolute Gasteiger partial charge is 0.465 e. The van der Waals surface area contributed by atoms with E-state index in [1.54, 1.807) is 5.38 Å². The molecule has 0 aliphatic heterocycles. The lowest BCUT2D eigenvalue weighted by molar-refractivity contribution is -0.119. The number of ether oxygens (including phenoxy) is 2. The Morgan fingerprint density at radius 3 is 2.69 bits per heavy atom. The molecule has 0 unspecified atom stereocenters. The quantitative estimate of drug-likeness (QED) is 0.812. The number of anilines is 1. The van der Waals surface area contributed by atoms with Gasteiger partial charge in [0.05, 0.1) is 12.8 Å². The summed E-state index contributed by atoms with van der Waals surface area (Å²) in [6.45, 7) is 1.77. The van der Waals surface area contributed by atoms with Gasteiger partial charge in [0, 0.05) is 7.11 Å². The van der Waals surface area contributed by atoms with Crippen LogP contribution in [-0.2, 0) is 14.3 Å². The fraction of sp³-hybridized carbons (Fsp3) is 0.400. The van der Waals surface area contributed by atoms with Crippen molar-refractivity contribution in [3.8, 4) is 0 Å². The molecule has 0 aliphatic carbocycles. The Morgan fingerprint density at radius 2 is 2.12 bits per heavy atom. The van der Waals surface area contributed by atoms with E-state index in [2.05, 4.69) is 10.1 Å². The first-order valence-electron chi connectivity index (χ1n) is 4.55. The van der Waals surface area contributed by atoms with Gasteiger partial charge < -0.3 is 14.8 Å². The summed E-state index contributed by atoms with van der Waals surface area (Å²) in [4.78, 5) is 23.1. The van der Waals surface area contributed by atoms with Crippen LogP contribution < -0.4 is 5.32 Å². The summed E-state index contributed by atoms with van der Waals surface area (Å²) >= 11 is 1.24. The van der Waals surface area contributed by atoms with Crippen LogP contribution in [0, 0.1) is 6.92 Å². The van der Waals surface area contributed by atoms with E-state index in [1.807, 2.05) is 6.92 Å². The van der Waals surface area contributed by atoms with Crippen LogP contribution in [0.5, 0.6) is 0 Å². The van der Waals surface area contributed by atoms with Gasteiger partial charge in [-0.05, 0) is 17.9 Å².